The van der Waals surface area contributed by atoms with Crippen molar-refractivity contribution in [3.05, 3.63) is 33.9 Å². The normalized spacial score (nSPS) is 14.1. The van der Waals surface area contributed by atoms with Crippen molar-refractivity contribution in [2.45, 2.75) is 17.9 Å². The van der Waals surface area contributed by atoms with E-state index in [9.17, 15) is 24.6 Å². The van der Waals surface area contributed by atoms with E-state index in [-0.39, 0.29) is 30.2 Å². The highest BCUT2D eigenvalue weighted by Gasteiger charge is 2.51. The Balaban J connectivity index is 2.53. The summed E-state index contributed by atoms with van der Waals surface area (Å²) < 4.78 is 16.6. The van der Waals surface area contributed by atoms with Crippen LogP contribution in [0.25, 0.3) is 0 Å². The van der Waals surface area contributed by atoms with Gasteiger partial charge in [-0.2, -0.15) is 0 Å². The molecule has 28 heavy (non-hydrogen) atoms. The molecule has 0 aliphatic carbocycles. The van der Waals surface area contributed by atoms with Crippen LogP contribution in [0.4, 0.5) is 5.69 Å². The second kappa shape index (κ2) is 10.3. The van der Waals surface area contributed by atoms with E-state index in [4.69, 9.17) is 24.3 Å². The van der Waals surface area contributed by atoms with Crippen LogP contribution in [-0.4, -0.2) is 72.6 Å². The molecule has 1 aromatic rings. The monoisotopic (exact) mass is 440 g/mol. The molecule has 0 amide bonds. The molecule has 12 nitrogen and oxygen atoms in total. The van der Waals surface area contributed by atoms with Crippen molar-refractivity contribution in [2.75, 3.05) is 26.7 Å². The van der Waals surface area contributed by atoms with Crippen LogP contribution in [0, 0.1) is 10.1 Å². The molecule has 0 saturated carbocycles. The lowest BCUT2D eigenvalue weighted by molar-refractivity contribution is -0.385. The Morgan fingerprint density at radius 1 is 1.36 bits per heavy atom. The zero-order valence-corrected chi connectivity index (χ0v) is 16.7. The number of carbonyl (C=O) groups excluding carboxylic acids is 1. The number of aldehydes is 1. The quantitative estimate of drug-likeness (QED) is 0.101. The molecule has 0 heterocycles. The van der Waals surface area contributed by atoms with Gasteiger partial charge in [0, 0.05) is 31.1 Å². The minimum absolute atomic E-state index is 0.000306. The molecule has 0 saturated heterocycles. The first-order valence-corrected chi connectivity index (χ1v) is 10.8. The number of aliphatic hydroxyl groups is 1. The van der Waals surface area contributed by atoms with Gasteiger partial charge >= 0.3 is 13.3 Å². The molecule has 0 aromatic heterocycles. The van der Waals surface area contributed by atoms with Crippen LogP contribution in [0.2, 0.25) is 0 Å². The molecule has 1 unspecified atom stereocenters. The molecular weight excluding hydrogens is 418 g/mol. The first kappa shape index (κ1) is 24.5. The third-order valence-corrected chi connectivity index (χ3v) is 7.21. The molecule has 0 spiro atoms. The van der Waals surface area contributed by atoms with Crippen LogP contribution in [0.3, 0.4) is 0 Å². The van der Waals surface area contributed by atoms with Gasteiger partial charge in [0.2, 0.25) is 13.5 Å². The van der Waals surface area contributed by atoms with Gasteiger partial charge in [-0.15, -0.1) is 0 Å². The Morgan fingerprint density at radius 3 is 2.50 bits per heavy atom. The van der Waals surface area contributed by atoms with Gasteiger partial charge < -0.3 is 34.3 Å². The molecule has 0 fully saturated rings. The molecule has 0 aliphatic rings. The Labute approximate surface area is 161 Å². The minimum atomic E-state index is -5.15. The average Bonchev–Trinajstić information content (AvgIpc) is 2.61. The highest BCUT2D eigenvalue weighted by atomic mass is 31.2. The largest absolute Gasteiger partial charge is 0.487 e. The van der Waals surface area contributed by atoms with Gasteiger partial charge in [0.1, 0.15) is 6.29 Å². The summed E-state index contributed by atoms with van der Waals surface area (Å²) in [5.41, 5.74) is -0.201. The Morgan fingerprint density at radius 2 is 2.00 bits per heavy atom. The summed E-state index contributed by atoms with van der Waals surface area (Å²) in [5.74, 6) is 0.000306. The highest BCUT2D eigenvalue weighted by Crippen LogP contribution is 2.64. The molecule has 1 atom stereocenters. The van der Waals surface area contributed by atoms with E-state index in [0.717, 1.165) is 6.07 Å². The van der Waals surface area contributed by atoms with Crippen LogP contribution < -0.4 is 4.74 Å². The van der Waals surface area contributed by atoms with E-state index >= 15 is 0 Å². The second-order valence-electron chi connectivity index (χ2n) is 5.97. The van der Waals surface area contributed by atoms with Crippen molar-refractivity contribution >= 4 is 27.9 Å². The zero-order chi connectivity index (χ0) is 21.5. The van der Waals surface area contributed by atoms with Crippen molar-refractivity contribution < 1.29 is 43.7 Å². The standard InChI is InChI=1S/C14H22N2O10P2/c1-15(7-5-14(18,27(21)22)28(23,24)25)6-2-8-26-13-4-3-11(10-17)9-12(13)16(19)20/h3-4,9-10,18,21-22H,2,5-8H2,1H3,(H2,23,24,25). The predicted octanol–water partition coefficient (Wildman–Crippen LogP) is 0.618. The number of hydrogen-bond donors (Lipinski definition) is 5. The van der Waals surface area contributed by atoms with Gasteiger partial charge in [-0.25, -0.2) is 0 Å². The molecule has 158 valence electrons. The summed E-state index contributed by atoms with van der Waals surface area (Å²) in [5, 5.41) is 18.0. The van der Waals surface area contributed by atoms with Crippen LogP contribution in [0.1, 0.15) is 23.2 Å². The third kappa shape index (κ3) is 6.54. The van der Waals surface area contributed by atoms with Crippen LogP contribution in [0.15, 0.2) is 18.2 Å². The van der Waals surface area contributed by atoms with Crippen LogP contribution in [0.5, 0.6) is 5.75 Å². The molecule has 0 aliphatic heterocycles. The average molecular weight is 440 g/mol. The topological polar surface area (TPSA) is 191 Å². The zero-order valence-electron chi connectivity index (χ0n) is 14.9. The number of ether oxygens (including phenoxy) is 1. The van der Waals surface area contributed by atoms with Crippen molar-refractivity contribution in [3.63, 3.8) is 0 Å². The summed E-state index contributed by atoms with van der Waals surface area (Å²) in [6, 6.07) is 3.79. The highest BCUT2D eigenvalue weighted by molar-refractivity contribution is 7.69. The molecule has 0 radical (unpaired) electrons. The van der Waals surface area contributed by atoms with Gasteiger partial charge in [0.15, 0.2) is 5.75 Å². The van der Waals surface area contributed by atoms with E-state index in [0.29, 0.717) is 19.3 Å². The van der Waals surface area contributed by atoms with Crippen LogP contribution >= 0.6 is 16.0 Å². The van der Waals surface area contributed by atoms with Crippen molar-refractivity contribution in [1.29, 1.82) is 0 Å². The van der Waals surface area contributed by atoms with Crippen LogP contribution in [-0.2, 0) is 4.57 Å². The lowest BCUT2D eigenvalue weighted by Gasteiger charge is -2.30. The van der Waals surface area contributed by atoms with E-state index in [2.05, 4.69) is 0 Å². The number of hydrogen-bond acceptors (Lipinski definition) is 9. The first-order valence-electron chi connectivity index (χ1n) is 7.93. The van der Waals surface area contributed by atoms with E-state index in [1.54, 1.807) is 11.9 Å². The SMILES string of the molecule is CN(CCCOc1ccc(C=O)cc1[N+](=O)[O-])CCC(O)(P(O)O)P(=O)(O)O. The predicted molar refractivity (Wildman–Crippen MR) is 99.1 cm³/mol. The fourth-order valence-electron chi connectivity index (χ4n) is 2.20. The minimum Gasteiger partial charge on any atom is -0.487 e. The lowest BCUT2D eigenvalue weighted by atomic mass is 10.2. The van der Waals surface area contributed by atoms with E-state index in [1.807, 2.05) is 0 Å². The molecule has 1 rings (SSSR count). The fourth-order valence-corrected chi connectivity index (χ4v) is 3.83. The number of carbonyl (C=O) groups is 1. The molecule has 14 heteroatoms. The van der Waals surface area contributed by atoms with Gasteiger partial charge in [-0.1, -0.05) is 0 Å². The van der Waals surface area contributed by atoms with Gasteiger partial charge in [0.05, 0.1) is 11.5 Å². The summed E-state index contributed by atoms with van der Waals surface area (Å²) in [4.78, 5) is 59.1. The maximum atomic E-state index is 11.3. The molecular formula is C14H22N2O10P2. The van der Waals surface area contributed by atoms with Crippen molar-refractivity contribution in [3.8, 4) is 5.75 Å². The van der Waals surface area contributed by atoms with E-state index < -0.39 is 32.4 Å². The molecule has 0 bridgehead atoms. The van der Waals surface area contributed by atoms with Gasteiger partial charge in [-0.3, -0.25) is 19.5 Å². The van der Waals surface area contributed by atoms with Gasteiger partial charge in [0.25, 0.3) is 0 Å². The van der Waals surface area contributed by atoms with Crippen molar-refractivity contribution in [2.24, 2.45) is 0 Å². The van der Waals surface area contributed by atoms with Crippen molar-refractivity contribution in [1.82, 2.24) is 4.90 Å². The lowest BCUT2D eigenvalue weighted by Crippen LogP contribution is -2.33. The summed E-state index contributed by atoms with van der Waals surface area (Å²) in [7, 11) is -6.84. The first-order chi connectivity index (χ1) is 12.9. The Hall–Kier alpha value is -1.49. The smallest absolute Gasteiger partial charge is 0.366 e. The fraction of sp³-hybridized carbons (Fsp3) is 0.500. The van der Waals surface area contributed by atoms with Gasteiger partial charge in [-0.05, 0) is 25.6 Å². The maximum Gasteiger partial charge on any atom is 0.366 e. The summed E-state index contributed by atoms with van der Waals surface area (Å²) in [6.07, 6.45) is 0.297. The number of nitro benzene ring substituents is 1. The number of nitro groups is 1. The summed E-state index contributed by atoms with van der Waals surface area (Å²) in [6.45, 7) is 0.378. The second-order valence-corrected chi connectivity index (χ2v) is 9.46. The number of benzene rings is 1. The molecule has 1 aromatic carbocycles. The Kier molecular flexibility index (Phi) is 9.06. The number of rotatable bonds is 12. The van der Waals surface area contributed by atoms with E-state index in [1.165, 1.54) is 12.1 Å². The number of nitrogens with zero attached hydrogens (tertiary/aromatic N) is 2. The Bertz CT molecular complexity index is 741. The third-order valence-electron chi connectivity index (χ3n) is 3.87. The maximum absolute atomic E-state index is 11.3. The summed E-state index contributed by atoms with van der Waals surface area (Å²) >= 11 is 0. The molecule has 5 N–H and O–H groups in total.